The Morgan fingerprint density at radius 2 is 1.50 bits per heavy atom. The van der Waals surface area contributed by atoms with Crippen molar-refractivity contribution in [3.8, 4) is 0 Å². The van der Waals surface area contributed by atoms with Crippen LogP contribution < -0.4 is 0 Å². The van der Waals surface area contributed by atoms with Gasteiger partial charge in [0.2, 0.25) is 5.78 Å². The highest BCUT2D eigenvalue weighted by Crippen LogP contribution is 1.95. The minimum Gasteiger partial charge on any atom is -0.481 e. The number of aliphatic carboxylic acids is 2. The van der Waals surface area contributed by atoms with Crippen LogP contribution in [0.4, 0.5) is 0 Å². The second kappa shape index (κ2) is 9.11. The molecule has 0 rings (SSSR count). The van der Waals surface area contributed by atoms with Crippen LogP contribution in [0.3, 0.4) is 0 Å². The van der Waals surface area contributed by atoms with Crippen LogP contribution in [0.2, 0.25) is 0 Å². The maximum atomic E-state index is 11.0. The highest BCUT2D eigenvalue weighted by molar-refractivity contribution is 6.32. The average molecular weight is 262 g/mol. The fourth-order valence-corrected chi connectivity index (χ4v) is 0.871. The maximum absolute atomic E-state index is 11.0. The average Bonchev–Trinajstić information content (AvgIpc) is 2.29. The predicted molar refractivity (Wildman–Crippen MR) is 55.9 cm³/mol. The van der Waals surface area contributed by atoms with Crippen LogP contribution >= 0.6 is 0 Å². The van der Waals surface area contributed by atoms with Gasteiger partial charge in [0.25, 0.3) is 0 Å². The normalized spacial score (nSPS) is 9.78. The fourth-order valence-electron chi connectivity index (χ4n) is 0.871. The quantitative estimate of drug-likeness (QED) is 0.305. The zero-order valence-electron chi connectivity index (χ0n) is 9.59. The van der Waals surface area contributed by atoms with E-state index >= 15 is 0 Å². The smallest absolute Gasteiger partial charge is 0.372 e. The van der Waals surface area contributed by atoms with Gasteiger partial charge in [-0.25, -0.2) is 4.79 Å². The van der Waals surface area contributed by atoms with Crippen LogP contribution in [0.1, 0.15) is 19.3 Å². The number of ketones is 1. The second-order valence-electron chi connectivity index (χ2n) is 3.20. The Bertz CT molecular complexity index is 322. The van der Waals surface area contributed by atoms with Gasteiger partial charge in [-0.1, -0.05) is 0 Å². The van der Waals surface area contributed by atoms with Crippen LogP contribution in [-0.2, 0) is 28.7 Å². The molecule has 0 aliphatic rings. The van der Waals surface area contributed by atoms with Crippen LogP contribution in [-0.4, -0.2) is 53.7 Å². The highest BCUT2D eigenvalue weighted by Gasteiger charge is 2.13. The third-order valence-corrected chi connectivity index (χ3v) is 1.75. The van der Waals surface area contributed by atoms with Crippen LogP contribution in [0.5, 0.6) is 0 Å². The maximum Gasteiger partial charge on any atom is 0.372 e. The molecule has 0 bridgehead atoms. The van der Waals surface area contributed by atoms with E-state index in [1.54, 1.807) is 0 Å². The van der Waals surface area contributed by atoms with Gasteiger partial charge in [0, 0.05) is 6.42 Å². The molecule has 18 heavy (non-hydrogen) atoms. The third-order valence-electron chi connectivity index (χ3n) is 1.75. The monoisotopic (exact) mass is 262 g/mol. The number of hydrogen-bond donors (Lipinski definition) is 2. The number of Topliss-reactive ketones (excluding diaryl/α,β-unsaturated/α-hetero) is 1. The number of carbonyl (C=O) groups excluding carboxylic acids is 2. The van der Waals surface area contributed by atoms with Gasteiger partial charge in [-0.3, -0.25) is 14.4 Å². The lowest BCUT2D eigenvalue weighted by molar-refractivity contribution is -0.151. The summed E-state index contributed by atoms with van der Waals surface area (Å²) >= 11 is 0. The van der Waals surface area contributed by atoms with Crippen molar-refractivity contribution < 1.29 is 38.9 Å². The topological polar surface area (TPSA) is 127 Å². The van der Waals surface area contributed by atoms with Crippen LogP contribution in [0, 0.1) is 0 Å². The largest absolute Gasteiger partial charge is 0.481 e. The van der Waals surface area contributed by atoms with Crippen LogP contribution in [0.25, 0.3) is 0 Å². The summed E-state index contributed by atoms with van der Waals surface area (Å²) in [5.74, 6) is -4.32. The van der Waals surface area contributed by atoms with Crippen LogP contribution in [0.15, 0.2) is 0 Å². The number of carbonyl (C=O) groups is 4. The molecule has 0 saturated heterocycles. The second-order valence-corrected chi connectivity index (χ2v) is 3.20. The summed E-state index contributed by atoms with van der Waals surface area (Å²) < 4.78 is 9.46. The molecule has 0 saturated carbocycles. The summed E-state index contributed by atoms with van der Waals surface area (Å²) in [4.78, 5) is 41.9. The molecule has 0 aromatic carbocycles. The summed E-state index contributed by atoms with van der Waals surface area (Å²) in [7, 11) is 0. The molecule has 0 unspecified atom stereocenters. The van der Waals surface area contributed by atoms with E-state index in [-0.39, 0.29) is 32.7 Å². The Kier molecular flexibility index (Phi) is 8.12. The molecule has 0 atom stereocenters. The Hall–Kier alpha value is -1.96. The van der Waals surface area contributed by atoms with Crippen molar-refractivity contribution in [2.45, 2.75) is 19.3 Å². The summed E-state index contributed by atoms with van der Waals surface area (Å²) in [5.41, 5.74) is 0. The zero-order chi connectivity index (χ0) is 14.0. The lowest BCUT2D eigenvalue weighted by Crippen LogP contribution is -2.16. The van der Waals surface area contributed by atoms with Crippen molar-refractivity contribution in [3.05, 3.63) is 0 Å². The number of hydrogen-bond acceptors (Lipinski definition) is 6. The van der Waals surface area contributed by atoms with Gasteiger partial charge in [0.1, 0.15) is 6.61 Å². The Morgan fingerprint density at radius 3 is 2.06 bits per heavy atom. The number of rotatable bonds is 10. The molecular formula is C10H14O8. The van der Waals surface area contributed by atoms with Gasteiger partial charge in [-0.05, 0) is 0 Å². The Balaban J connectivity index is 3.45. The lowest BCUT2D eigenvalue weighted by Gasteiger charge is -2.04. The molecule has 0 aromatic heterocycles. The van der Waals surface area contributed by atoms with Gasteiger partial charge in [-0.15, -0.1) is 0 Å². The van der Waals surface area contributed by atoms with Gasteiger partial charge in [0.15, 0.2) is 0 Å². The minimum atomic E-state index is -1.58. The van der Waals surface area contributed by atoms with E-state index < -0.39 is 30.1 Å². The third kappa shape index (κ3) is 9.28. The minimum absolute atomic E-state index is 0.0182. The molecule has 0 aliphatic carbocycles. The molecule has 0 amide bonds. The van der Waals surface area contributed by atoms with E-state index in [0.717, 1.165) is 0 Å². The summed E-state index contributed by atoms with van der Waals surface area (Å²) in [6, 6.07) is 0. The van der Waals surface area contributed by atoms with E-state index in [9.17, 15) is 19.2 Å². The van der Waals surface area contributed by atoms with Gasteiger partial charge < -0.3 is 19.7 Å². The van der Waals surface area contributed by atoms with Gasteiger partial charge in [0.05, 0.1) is 26.1 Å². The Morgan fingerprint density at radius 1 is 0.833 bits per heavy atom. The molecular weight excluding hydrogens is 248 g/mol. The van der Waals surface area contributed by atoms with E-state index in [1.165, 1.54) is 0 Å². The van der Waals surface area contributed by atoms with E-state index in [4.69, 9.17) is 14.9 Å². The Labute approximate surface area is 102 Å². The van der Waals surface area contributed by atoms with Crippen molar-refractivity contribution >= 4 is 23.7 Å². The van der Waals surface area contributed by atoms with E-state index in [2.05, 4.69) is 4.74 Å². The molecule has 8 heteroatoms. The predicted octanol–water partition coefficient (Wildman–Crippen LogP) is -0.545. The molecule has 2 N–H and O–H groups in total. The first-order valence-corrected chi connectivity index (χ1v) is 5.14. The molecule has 0 radical (unpaired) electrons. The van der Waals surface area contributed by atoms with E-state index in [0.29, 0.717) is 0 Å². The van der Waals surface area contributed by atoms with Crippen molar-refractivity contribution in [1.82, 2.24) is 0 Å². The number of esters is 1. The molecule has 0 heterocycles. The lowest BCUT2D eigenvalue weighted by atomic mass is 10.2. The van der Waals surface area contributed by atoms with Crippen molar-refractivity contribution in [2.24, 2.45) is 0 Å². The van der Waals surface area contributed by atoms with Crippen molar-refractivity contribution in [3.63, 3.8) is 0 Å². The van der Waals surface area contributed by atoms with Crippen molar-refractivity contribution in [1.29, 1.82) is 0 Å². The van der Waals surface area contributed by atoms with Gasteiger partial charge >= 0.3 is 17.9 Å². The molecule has 102 valence electrons. The number of ether oxygens (including phenoxy) is 2. The van der Waals surface area contributed by atoms with Crippen molar-refractivity contribution in [2.75, 3.05) is 19.8 Å². The zero-order valence-corrected chi connectivity index (χ0v) is 9.59. The fraction of sp³-hybridized carbons (Fsp3) is 0.600. The standard InChI is InChI=1S/C10H14O8/c11-7(10(15)16)1-2-9(14)18-6-5-17-4-3-8(12)13/h1-6H2,(H,12,13)(H,15,16). The van der Waals surface area contributed by atoms with E-state index in [1.807, 2.05) is 0 Å². The highest BCUT2D eigenvalue weighted by atomic mass is 16.6. The summed E-state index contributed by atoms with van der Waals surface area (Å²) in [6.45, 7) is -0.00397. The number of carboxylic acids is 2. The first-order valence-electron chi connectivity index (χ1n) is 5.14. The molecule has 0 aromatic rings. The molecule has 0 aliphatic heterocycles. The summed E-state index contributed by atoms with van der Waals surface area (Å²) in [6.07, 6.45) is -0.852. The SMILES string of the molecule is O=C(O)CCOCCOC(=O)CCC(=O)C(=O)O. The molecule has 8 nitrogen and oxygen atoms in total. The molecule has 0 spiro atoms. The number of carboxylic acid groups (broad SMARTS) is 2. The first kappa shape index (κ1) is 16.0. The first-order chi connectivity index (χ1) is 8.43. The van der Waals surface area contributed by atoms with Gasteiger partial charge in [-0.2, -0.15) is 0 Å². The summed E-state index contributed by atoms with van der Waals surface area (Å²) in [5, 5.41) is 16.5. The molecule has 0 fully saturated rings.